The predicted molar refractivity (Wildman–Crippen MR) is 77.4 cm³/mol. The third-order valence-corrected chi connectivity index (χ3v) is 3.20. The van der Waals surface area contributed by atoms with Crippen molar-refractivity contribution in [3.05, 3.63) is 52.2 Å². The molecule has 0 aliphatic heterocycles. The average molecular weight is 276 g/mol. The summed E-state index contributed by atoms with van der Waals surface area (Å²) in [5.41, 5.74) is 6.38. The molecule has 6 heteroatoms. The number of hydrogen-bond donors (Lipinski definition) is 1. The van der Waals surface area contributed by atoms with Gasteiger partial charge in [0.1, 0.15) is 0 Å². The predicted octanol–water partition coefficient (Wildman–Crippen LogP) is 1.47. The maximum Gasteiger partial charge on any atom is 0.269 e. The third kappa shape index (κ3) is 2.79. The van der Waals surface area contributed by atoms with Gasteiger partial charge in [-0.1, -0.05) is 12.1 Å². The third-order valence-electron chi connectivity index (χ3n) is 3.20. The van der Waals surface area contributed by atoms with Gasteiger partial charge in [0.05, 0.1) is 24.1 Å². The quantitative estimate of drug-likeness (QED) is 0.859. The van der Waals surface area contributed by atoms with Gasteiger partial charge in [-0.05, 0) is 13.0 Å². The van der Waals surface area contributed by atoms with Gasteiger partial charge in [-0.15, -0.1) is 0 Å². The summed E-state index contributed by atoms with van der Waals surface area (Å²) in [5.74, 6) is -0.504. The van der Waals surface area contributed by atoms with Crippen LogP contribution in [0.3, 0.4) is 0 Å². The Morgan fingerprint density at radius 3 is 2.85 bits per heavy atom. The van der Waals surface area contributed by atoms with E-state index < -0.39 is 5.82 Å². The van der Waals surface area contributed by atoms with Crippen molar-refractivity contribution in [3.8, 4) is 0 Å². The molecular formula is C14H17FN4O. The van der Waals surface area contributed by atoms with Gasteiger partial charge < -0.3 is 10.6 Å². The molecule has 0 unspecified atom stereocenters. The van der Waals surface area contributed by atoms with Gasteiger partial charge in [0.2, 0.25) is 0 Å². The molecule has 1 aromatic carbocycles. The van der Waals surface area contributed by atoms with Crippen LogP contribution in [0.1, 0.15) is 12.5 Å². The van der Waals surface area contributed by atoms with Crippen LogP contribution < -0.4 is 16.2 Å². The molecule has 1 aromatic heterocycles. The largest absolute Gasteiger partial charge is 0.396 e. The average Bonchev–Trinajstić information content (AvgIpc) is 2.45. The monoisotopic (exact) mass is 276 g/mol. The van der Waals surface area contributed by atoms with E-state index >= 15 is 0 Å². The molecule has 2 N–H and O–H groups in total. The highest BCUT2D eigenvalue weighted by Gasteiger charge is 2.09. The minimum absolute atomic E-state index is 0.0613. The van der Waals surface area contributed by atoms with Gasteiger partial charge >= 0.3 is 0 Å². The summed E-state index contributed by atoms with van der Waals surface area (Å²) in [7, 11) is 1.87. The first-order valence-electron chi connectivity index (χ1n) is 6.34. The van der Waals surface area contributed by atoms with Crippen molar-refractivity contribution in [2.75, 3.05) is 24.2 Å². The van der Waals surface area contributed by atoms with Crippen LogP contribution >= 0.6 is 0 Å². The van der Waals surface area contributed by atoms with Gasteiger partial charge in [0.25, 0.3) is 5.56 Å². The number of benzene rings is 1. The summed E-state index contributed by atoms with van der Waals surface area (Å²) in [6, 6.07) is 6.21. The second kappa shape index (κ2) is 5.73. The Balaban J connectivity index is 2.31. The zero-order valence-electron chi connectivity index (χ0n) is 11.5. The molecule has 0 saturated carbocycles. The molecule has 0 bridgehead atoms. The van der Waals surface area contributed by atoms with Crippen LogP contribution in [0.25, 0.3) is 0 Å². The van der Waals surface area contributed by atoms with Crippen LogP contribution in [-0.4, -0.2) is 23.4 Å². The Hall–Kier alpha value is -2.37. The number of nitrogens with zero attached hydrogens (tertiary/aromatic N) is 3. The van der Waals surface area contributed by atoms with Crippen LogP contribution in [-0.2, 0) is 6.54 Å². The van der Waals surface area contributed by atoms with Crippen LogP contribution in [0.4, 0.5) is 15.8 Å². The highest BCUT2D eigenvalue weighted by molar-refractivity contribution is 5.43. The Kier molecular flexibility index (Phi) is 4.02. The number of nitrogens with two attached hydrogens (primary N) is 1. The second-order valence-electron chi connectivity index (χ2n) is 4.54. The normalized spacial score (nSPS) is 10.6. The lowest BCUT2D eigenvalue weighted by Crippen LogP contribution is -2.26. The Morgan fingerprint density at radius 1 is 1.45 bits per heavy atom. The van der Waals surface area contributed by atoms with Crippen molar-refractivity contribution in [2.24, 2.45) is 0 Å². The van der Waals surface area contributed by atoms with E-state index in [9.17, 15) is 9.18 Å². The first-order chi connectivity index (χ1) is 9.52. The molecule has 5 nitrogen and oxygen atoms in total. The fraction of sp³-hybridized carbons (Fsp3) is 0.286. The van der Waals surface area contributed by atoms with Crippen LogP contribution in [0.15, 0.2) is 35.3 Å². The van der Waals surface area contributed by atoms with Crippen molar-refractivity contribution in [3.63, 3.8) is 0 Å². The van der Waals surface area contributed by atoms with Gasteiger partial charge in [-0.3, -0.25) is 4.79 Å². The summed E-state index contributed by atoms with van der Waals surface area (Å²) >= 11 is 0. The number of anilines is 2. The Bertz CT molecular complexity index is 668. The van der Waals surface area contributed by atoms with E-state index in [-0.39, 0.29) is 17.8 Å². The highest BCUT2D eigenvalue weighted by atomic mass is 19.1. The summed E-state index contributed by atoms with van der Waals surface area (Å²) in [4.78, 5) is 13.9. The minimum atomic E-state index is -0.504. The van der Waals surface area contributed by atoms with E-state index in [0.717, 1.165) is 12.2 Å². The summed E-state index contributed by atoms with van der Waals surface area (Å²) < 4.78 is 15.0. The van der Waals surface area contributed by atoms with E-state index in [1.807, 2.05) is 18.9 Å². The molecule has 106 valence electrons. The molecule has 0 radical (unpaired) electrons. The first-order valence-corrected chi connectivity index (χ1v) is 6.34. The Labute approximate surface area is 116 Å². The molecular weight excluding hydrogens is 259 g/mol. The standard InChI is InChI=1S/C14H17FN4O/c1-3-18(2)11-7-13(20)19(17-8-11)9-10-5-4-6-12(16)14(10)15/h4-8H,3,9,16H2,1-2H3. The SMILES string of the molecule is CCN(C)c1cnn(Cc2cccc(N)c2F)c(=O)c1. The molecule has 20 heavy (non-hydrogen) atoms. The number of halogens is 1. The molecule has 0 amide bonds. The van der Waals surface area contributed by atoms with Crippen molar-refractivity contribution >= 4 is 11.4 Å². The van der Waals surface area contributed by atoms with Crippen LogP contribution in [0, 0.1) is 5.82 Å². The smallest absolute Gasteiger partial charge is 0.269 e. The van der Waals surface area contributed by atoms with E-state index in [1.54, 1.807) is 18.3 Å². The fourth-order valence-corrected chi connectivity index (χ4v) is 1.82. The zero-order valence-corrected chi connectivity index (χ0v) is 11.5. The second-order valence-corrected chi connectivity index (χ2v) is 4.54. The number of rotatable bonds is 4. The molecule has 0 aliphatic carbocycles. The van der Waals surface area contributed by atoms with Crippen molar-refractivity contribution in [1.29, 1.82) is 0 Å². The van der Waals surface area contributed by atoms with Gasteiger partial charge in [-0.25, -0.2) is 9.07 Å². The lowest BCUT2D eigenvalue weighted by Gasteiger charge is -2.16. The summed E-state index contributed by atoms with van der Waals surface area (Å²) in [6.07, 6.45) is 1.59. The van der Waals surface area contributed by atoms with Crippen LogP contribution in [0.2, 0.25) is 0 Å². The summed E-state index contributed by atoms with van der Waals surface area (Å²) in [6.45, 7) is 2.81. The molecule has 0 atom stereocenters. The van der Waals surface area contributed by atoms with Crippen molar-refractivity contribution in [1.82, 2.24) is 9.78 Å². The maximum absolute atomic E-state index is 13.8. The van der Waals surface area contributed by atoms with E-state index in [1.165, 1.54) is 16.8 Å². The molecule has 0 fully saturated rings. The molecule has 1 heterocycles. The lowest BCUT2D eigenvalue weighted by molar-refractivity contribution is 0.575. The Morgan fingerprint density at radius 2 is 2.20 bits per heavy atom. The molecule has 2 aromatic rings. The van der Waals surface area contributed by atoms with E-state index in [2.05, 4.69) is 5.10 Å². The maximum atomic E-state index is 13.8. The fourth-order valence-electron chi connectivity index (χ4n) is 1.82. The number of aromatic nitrogens is 2. The van der Waals surface area contributed by atoms with Gasteiger partial charge in [-0.2, -0.15) is 5.10 Å². The molecule has 0 spiro atoms. The van der Waals surface area contributed by atoms with Crippen molar-refractivity contribution < 1.29 is 4.39 Å². The summed E-state index contributed by atoms with van der Waals surface area (Å²) in [5, 5.41) is 4.07. The highest BCUT2D eigenvalue weighted by Crippen LogP contribution is 2.15. The number of hydrogen-bond acceptors (Lipinski definition) is 4. The van der Waals surface area contributed by atoms with Gasteiger partial charge in [0, 0.05) is 25.2 Å². The van der Waals surface area contributed by atoms with Crippen LogP contribution in [0.5, 0.6) is 0 Å². The molecule has 2 rings (SSSR count). The number of nitrogen functional groups attached to an aromatic ring is 1. The lowest BCUT2D eigenvalue weighted by atomic mass is 10.2. The van der Waals surface area contributed by atoms with Crippen molar-refractivity contribution in [2.45, 2.75) is 13.5 Å². The first kappa shape index (κ1) is 14.0. The topological polar surface area (TPSA) is 64.2 Å². The van der Waals surface area contributed by atoms with Gasteiger partial charge in [0.15, 0.2) is 5.82 Å². The van der Waals surface area contributed by atoms with E-state index in [4.69, 9.17) is 5.73 Å². The van der Waals surface area contributed by atoms with E-state index in [0.29, 0.717) is 5.56 Å². The molecule has 0 saturated heterocycles. The molecule has 0 aliphatic rings. The minimum Gasteiger partial charge on any atom is -0.396 e. The zero-order chi connectivity index (χ0) is 14.7.